The lowest BCUT2D eigenvalue weighted by atomic mass is 10.1. The number of carbonyl (C=O) groups excluding carboxylic acids is 1. The molecule has 7 rings (SSSR count). The maximum atomic E-state index is 13.9. The number of hydrogen-bond donors (Lipinski definition) is 3. The molecule has 1 amide bonds. The molecule has 3 N–H and O–H groups in total. The molecule has 0 unspecified atom stereocenters. The van der Waals surface area contributed by atoms with E-state index in [0.717, 1.165) is 34.8 Å². The molecule has 1 fully saturated rings. The van der Waals surface area contributed by atoms with Crippen molar-refractivity contribution < 1.29 is 9.18 Å². The fraction of sp³-hybridized carbons (Fsp3) is 0.111. The van der Waals surface area contributed by atoms with Crippen LogP contribution < -0.4 is 5.32 Å². The molecule has 1 saturated carbocycles. The van der Waals surface area contributed by atoms with Crippen molar-refractivity contribution in [2.45, 2.75) is 12.8 Å². The number of rotatable bonds is 5. The van der Waals surface area contributed by atoms with Gasteiger partial charge in [0.1, 0.15) is 17.0 Å². The third kappa shape index (κ3) is 3.88. The van der Waals surface area contributed by atoms with Crippen LogP contribution in [0.25, 0.3) is 56.0 Å². The molecule has 6 aromatic rings. The topological polar surface area (TPSA) is 125 Å². The molecule has 37 heavy (non-hydrogen) atoms. The number of halogens is 1. The number of pyridine rings is 3. The van der Waals surface area contributed by atoms with E-state index in [2.05, 4.69) is 35.5 Å². The molecule has 5 heterocycles. The molecule has 0 bridgehead atoms. The van der Waals surface area contributed by atoms with Crippen LogP contribution in [0.1, 0.15) is 12.8 Å². The lowest BCUT2D eigenvalue weighted by molar-refractivity contribution is -0.117. The highest BCUT2D eigenvalue weighted by molar-refractivity contribution is 5.97. The van der Waals surface area contributed by atoms with Gasteiger partial charge in [-0.05, 0) is 43.2 Å². The minimum Gasteiger partial charge on any atom is -0.336 e. The van der Waals surface area contributed by atoms with Crippen LogP contribution in [0.2, 0.25) is 0 Å². The fourth-order valence-corrected chi connectivity index (χ4v) is 4.39. The predicted molar refractivity (Wildman–Crippen MR) is 137 cm³/mol. The summed E-state index contributed by atoms with van der Waals surface area (Å²) < 4.78 is 13.9. The number of amides is 1. The molecule has 0 atom stereocenters. The summed E-state index contributed by atoms with van der Waals surface area (Å²) in [4.78, 5) is 33.6. The van der Waals surface area contributed by atoms with E-state index in [0.29, 0.717) is 39.7 Å². The van der Waals surface area contributed by atoms with Crippen molar-refractivity contribution in [1.29, 1.82) is 0 Å². The molecule has 0 saturated heterocycles. The first-order chi connectivity index (χ1) is 18.1. The molecule has 0 aliphatic heterocycles. The first-order valence-corrected chi connectivity index (χ1v) is 11.8. The summed E-state index contributed by atoms with van der Waals surface area (Å²) in [5.41, 5.74) is 6.06. The summed E-state index contributed by atoms with van der Waals surface area (Å²) in [5, 5.41) is 11.2. The van der Waals surface area contributed by atoms with Gasteiger partial charge in [0.25, 0.3) is 0 Å². The van der Waals surface area contributed by atoms with Gasteiger partial charge in [0, 0.05) is 34.8 Å². The number of fused-ring (bicyclic) bond motifs is 2. The van der Waals surface area contributed by atoms with Gasteiger partial charge in [-0.15, -0.1) is 0 Å². The molecule has 0 radical (unpaired) electrons. The number of aromatic amines is 2. The van der Waals surface area contributed by atoms with Crippen molar-refractivity contribution in [2.75, 3.05) is 5.32 Å². The summed E-state index contributed by atoms with van der Waals surface area (Å²) >= 11 is 0. The Morgan fingerprint density at radius 3 is 2.76 bits per heavy atom. The zero-order chi connectivity index (χ0) is 24.9. The predicted octanol–water partition coefficient (Wildman–Crippen LogP) is 5.11. The summed E-state index contributed by atoms with van der Waals surface area (Å²) in [5.74, 6) is 0.340. The van der Waals surface area contributed by atoms with Crippen molar-refractivity contribution in [3.63, 3.8) is 0 Å². The second kappa shape index (κ2) is 8.30. The lowest BCUT2D eigenvalue weighted by Gasteiger charge is -2.06. The van der Waals surface area contributed by atoms with Gasteiger partial charge in [0.2, 0.25) is 5.91 Å². The van der Waals surface area contributed by atoms with Crippen LogP contribution >= 0.6 is 0 Å². The van der Waals surface area contributed by atoms with Crippen LogP contribution in [0.15, 0.2) is 67.3 Å². The summed E-state index contributed by atoms with van der Waals surface area (Å²) in [6.07, 6.45) is 8.57. The first kappa shape index (κ1) is 21.3. The monoisotopic (exact) mass is 490 g/mol. The highest BCUT2D eigenvalue weighted by Crippen LogP contribution is 2.33. The van der Waals surface area contributed by atoms with Gasteiger partial charge >= 0.3 is 0 Å². The molecule has 1 aliphatic carbocycles. The largest absolute Gasteiger partial charge is 0.336 e. The maximum Gasteiger partial charge on any atom is 0.227 e. The van der Waals surface area contributed by atoms with Crippen molar-refractivity contribution in [2.24, 2.45) is 5.92 Å². The van der Waals surface area contributed by atoms with Crippen LogP contribution in [0.5, 0.6) is 0 Å². The Bertz CT molecular complexity index is 1820. The van der Waals surface area contributed by atoms with Gasteiger partial charge in [-0.2, -0.15) is 5.10 Å². The molecule has 1 aliphatic rings. The Morgan fingerprint density at radius 2 is 1.89 bits per heavy atom. The van der Waals surface area contributed by atoms with Gasteiger partial charge < -0.3 is 10.3 Å². The zero-order valence-corrected chi connectivity index (χ0v) is 19.4. The van der Waals surface area contributed by atoms with Crippen LogP contribution in [0.3, 0.4) is 0 Å². The fourth-order valence-electron chi connectivity index (χ4n) is 4.39. The minimum absolute atomic E-state index is 0.0245. The van der Waals surface area contributed by atoms with Crippen molar-refractivity contribution in [3.05, 3.63) is 73.1 Å². The average Bonchev–Trinajstić information content (AvgIpc) is 3.55. The highest BCUT2D eigenvalue weighted by Gasteiger charge is 2.29. The normalized spacial score (nSPS) is 13.3. The Kier molecular flexibility index (Phi) is 4.78. The van der Waals surface area contributed by atoms with Crippen LogP contribution in [0.4, 0.5) is 10.1 Å². The Labute approximate surface area is 209 Å². The van der Waals surface area contributed by atoms with Crippen LogP contribution in [-0.2, 0) is 4.79 Å². The maximum absolute atomic E-state index is 13.9. The SMILES string of the molecule is O=C(Nc1cncc(-c2cc3c(-c4nc5c(-c6cccc(F)c6)nccc5[nH]4)n[nH]c3cn2)c1)C1CC1. The number of aromatic nitrogens is 7. The molecule has 5 aromatic heterocycles. The quantitative estimate of drug-likeness (QED) is 0.308. The number of anilines is 1. The lowest BCUT2D eigenvalue weighted by Crippen LogP contribution is -2.13. The van der Waals surface area contributed by atoms with Crippen LogP contribution in [0, 0.1) is 11.7 Å². The highest BCUT2D eigenvalue weighted by atomic mass is 19.1. The number of hydrogen-bond acceptors (Lipinski definition) is 6. The minimum atomic E-state index is -0.337. The van der Waals surface area contributed by atoms with E-state index in [9.17, 15) is 9.18 Å². The average molecular weight is 491 g/mol. The number of imidazole rings is 1. The number of nitrogens with zero attached hydrogens (tertiary/aromatic N) is 5. The standard InChI is InChI=1S/C27H19FN8O/c28-17-3-1-2-15(8-17)23-25-20(6-7-30-23)33-26(34-25)24-19-10-21(31-13-22(19)35-36-24)16-9-18(12-29-11-16)32-27(37)14-4-5-14/h1-3,6-14H,4-5H2,(H,32,37)(H,33,34)(H,35,36). The van der Waals surface area contributed by atoms with E-state index in [1.807, 2.05) is 18.2 Å². The van der Waals surface area contributed by atoms with Crippen LogP contribution in [-0.4, -0.2) is 41.0 Å². The second-order valence-electron chi connectivity index (χ2n) is 9.06. The van der Waals surface area contributed by atoms with Crippen molar-refractivity contribution >= 4 is 33.5 Å². The van der Waals surface area contributed by atoms with E-state index in [4.69, 9.17) is 4.98 Å². The number of H-pyrrole nitrogens is 2. The second-order valence-corrected chi connectivity index (χ2v) is 9.06. The number of nitrogens with one attached hydrogen (secondary N) is 3. The smallest absolute Gasteiger partial charge is 0.227 e. The Hall–Kier alpha value is -4.99. The summed E-state index contributed by atoms with van der Waals surface area (Å²) in [7, 11) is 0. The van der Waals surface area contributed by atoms with E-state index < -0.39 is 0 Å². The van der Waals surface area contributed by atoms with Gasteiger partial charge in [0.15, 0.2) is 5.82 Å². The van der Waals surface area contributed by atoms with Gasteiger partial charge in [0.05, 0.1) is 40.5 Å². The molecule has 0 spiro atoms. The van der Waals surface area contributed by atoms with E-state index >= 15 is 0 Å². The van der Waals surface area contributed by atoms with E-state index in [1.165, 1.54) is 12.1 Å². The Balaban J connectivity index is 1.28. The van der Waals surface area contributed by atoms with Crippen molar-refractivity contribution in [3.8, 4) is 34.0 Å². The van der Waals surface area contributed by atoms with E-state index in [-0.39, 0.29) is 17.6 Å². The van der Waals surface area contributed by atoms with Gasteiger partial charge in [-0.1, -0.05) is 12.1 Å². The molecular formula is C27H19FN8O. The molecule has 10 heteroatoms. The zero-order valence-electron chi connectivity index (χ0n) is 19.4. The molecule has 180 valence electrons. The Morgan fingerprint density at radius 1 is 0.973 bits per heavy atom. The van der Waals surface area contributed by atoms with Gasteiger partial charge in [-0.3, -0.25) is 24.8 Å². The van der Waals surface area contributed by atoms with Gasteiger partial charge in [-0.25, -0.2) is 9.37 Å². The number of carbonyl (C=O) groups is 1. The first-order valence-electron chi connectivity index (χ1n) is 11.8. The van der Waals surface area contributed by atoms with E-state index in [1.54, 1.807) is 36.9 Å². The number of benzene rings is 1. The summed E-state index contributed by atoms with van der Waals surface area (Å²) in [6.45, 7) is 0. The molecular weight excluding hydrogens is 471 g/mol. The summed E-state index contributed by atoms with van der Waals surface area (Å²) in [6, 6.07) is 11.9. The van der Waals surface area contributed by atoms with Crippen molar-refractivity contribution in [1.82, 2.24) is 35.1 Å². The molecule has 9 nitrogen and oxygen atoms in total. The third-order valence-electron chi connectivity index (χ3n) is 6.42. The molecule has 1 aromatic carbocycles. The third-order valence-corrected chi connectivity index (χ3v) is 6.42.